The number of tetrazole rings is 1. The Balaban J connectivity index is 1.46. The van der Waals surface area contributed by atoms with E-state index in [1.807, 2.05) is 18.2 Å². The van der Waals surface area contributed by atoms with E-state index in [9.17, 15) is 4.79 Å². The Morgan fingerprint density at radius 3 is 3.12 bits per heavy atom. The number of carbonyl (C=O) groups is 1. The number of benzene rings is 1. The van der Waals surface area contributed by atoms with Gasteiger partial charge >= 0.3 is 0 Å². The van der Waals surface area contributed by atoms with Gasteiger partial charge in [0.2, 0.25) is 11.1 Å². The molecule has 2 aliphatic rings. The van der Waals surface area contributed by atoms with Crippen LogP contribution in [0, 0.1) is 0 Å². The zero-order valence-corrected chi connectivity index (χ0v) is 14.0. The number of aryl methyl sites for hydroxylation is 1. The molecule has 0 spiro atoms. The van der Waals surface area contributed by atoms with Crippen LogP contribution in [0.4, 0.5) is 5.69 Å². The summed E-state index contributed by atoms with van der Waals surface area (Å²) in [7, 11) is 0. The summed E-state index contributed by atoms with van der Waals surface area (Å²) in [5, 5.41) is 15.4. The number of nitrogens with one attached hydrogen (secondary N) is 1. The summed E-state index contributed by atoms with van der Waals surface area (Å²) in [5.41, 5.74) is 2.08. The first kappa shape index (κ1) is 15.6. The number of para-hydroxylation sites is 1. The molecule has 0 bridgehead atoms. The fraction of sp³-hybridized carbons (Fsp3) is 0.500. The average molecular weight is 345 g/mol. The van der Waals surface area contributed by atoms with Gasteiger partial charge in [-0.25, -0.2) is 4.68 Å². The van der Waals surface area contributed by atoms with Crippen LogP contribution in [-0.4, -0.2) is 44.1 Å². The van der Waals surface area contributed by atoms with Crippen LogP contribution in [0.1, 0.15) is 24.8 Å². The average Bonchev–Trinajstić information content (AvgIpc) is 3.22. The van der Waals surface area contributed by atoms with Gasteiger partial charge in [0.25, 0.3) is 0 Å². The highest BCUT2D eigenvalue weighted by Gasteiger charge is 2.27. The second-order valence-electron chi connectivity index (χ2n) is 6.07. The topological polar surface area (TPSA) is 81.9 Å². The number of hydrogen-bond donors (Lipinski definition) is 1. The first-order chi connectivity index (χ1) is 11.8. The Hall–Kier alpha value is -1.93. The predicted octanol–water partition coefficient (Wildman–Crippen LogP) is 1.90. The Bertz CT molecular complexity index is 729. The summed E-state index contributed by atoms with van der Waals surface area (Å²) in [6.45, 7) is 1.45. The minimum atomic E-state index is -0.202. The third-order valence-electron chi connectivity index (χ3n) is 4.39. The third-order valence-corrected chi connectivity index (χ3v) is 5.63. The molecule has 2 atom stereocenters. The van der Waals surface area contributed by atoms with Gasteiger partial charge in [-0.1, -0.05) is 30.0 Å². The highest BCUT2D eigenvalue weighted by Crippen LogP contribution is 2.30. The van der Waals surface area contributed by atoms with Gasteiger partial charge in [-0.05, 0) is 47.7 Å². The number of amides is 1. The molecule has 126 valence electrons. The van der Waals surface area contributed by atoms with Gasteiger partial charge in [-0.3, -0.25) is 4.79 Å². The van der Waals surface area contributed by atoms with Crippen LogP contribution in [-0.2, 0) is 22.5 Å². The number of aromatic nitrogens is 4. The minimum absolute atomic E-state index is 0.0108. The molecule has 24 heavy (non-hydrogen) atoms. The van der Waals surface area contributed by atoms with E-state index in [0.717, 1.165) is 38.0 Å². The molecule has 1 N–H and O–H groups in total. The van der Waals surface area contributed by atoms with Crippen molar-refractivity contribution in [1.82, 2.24) is 20.2 Å². The molecule has 7 nitrogen and oxygen atoms in total. The Labute approximate surface area is 144 Å². The second kappa shape index (κ2) is 6.90. The van der Waals surface area contributed by atoms with Crippen molar-refractivity contribution in [2.45, 2.75) is 48.7 Å². The Morgan fingerprint density at radius 2 is 2.25 bits per heavy atom. The highest BCUT2D eigenvalue weighted by atomic mass is 32.2. The van der Waals surface area contributed by atoms with Gasteiger partial charge in [-0.2, -0.15) is 0 Å². The number of fused-ring (bicyclic) bond motifs is 1. The van der Waals surface area contributed by atoms with E-state index in [1.54, 1.807) is 4.68 Å². The van der Waals surface area contributed by atoms with Gasteiger partial charge in [0.15, 0.2) is 0 Å². The van der Waals surface area contributed by atoms with E-state index in [2.05, 4.69) is 26.9 Å². The molecule has 8 heteroatoms. The Morgan fingerprint density at radius 1 is 1.33 bits per heavy atom. The summed E-state index contributed by atoms with van der Waals surface area (Å²) in [4.78, 5) is 12.5. The zero-order valence-electron chi connectivity index (χ0n) is 13.2. The molecule has 1 aromatic heterocycles. The molecule has 2 unspecified atom stereocenters. The molecule has 2 aliphatic heterocycles. The maximum Gasteiger partial charge on any atom is 0.237 e. The van der Waals surface area contributed by atoms with E-state index < -0.39 is 0 Å². The molecule has 2 aromatic rings. The van der Waals surface area contributed by atoms with Crippen molar-refractivity contribution in [2.75, 3.05) is 11.9 Å². The number of rotatable bonds is 4. The van der Waals surface area contributed by atoms with Crippen LogP contribution in [0.5, 0.6) is 0 Å². The number of anilines is 1. The lowest BCUT2D eigenvalue weighted by atomic mass is 10.1. The van der Waals surface area contributed by atoms with Crippen molar-refractivity contribution in [1.29, 1.82) is 0 Å². The largest absolute Gasteiger partial charge is 0.376 e. The lowest BCUT2D eigenvalue weighted by Crippen LogP contribution is -2.24. The lowest BCUT2D eigenvalue weighted by molar-refractivity contribution is -0.115. The molecule has 3 heterocycles. The molecule has 1 amide bonds. The summed E-state index contributed by atoms with van der Waals surface area (Å²) < 4.78 is 7.41. The number of hydrogen-bond acceptors (Lipinski definition) is 6. The molecule has 0 radical (unpaired) electrons. The van der Waals surface area contributed by atoms with Crippen molar-refractivity contribution in [2.24, 2.45) is 0 Å². The van der Waals surface area contributed by atoms with Crippen molar-refractivity contribution < 1.29 is 9.53 Å². The van der Waals surface area contributed by atoms with E-state index in [4.69, 9.17) is 4.74 Å². The maximum atomic E-state index is 12.5. The smallest absolute Gasteiger partial charge is 0.237 e. The van der Waals surface area contributed by atoms with Gasteiger partial charge in [0, 0.05) is 12.3 Å². The van der Waals surface area contributed by atoms with Crippen molar-refractivity contribution in [3.05, 3.63) is 29.8 Å². The van der Waals surface area contributed by atoms with Gasteiger partial charge in [0.1, 0.15) is 0 Å². The van der Waals surface area contributed by atoms with Gasteiger partial charge in [0.05, 0.1) is 17.9 Å². The van der Waals surface area contributed by atoms with Crippen molar-refractivity contribution in [3.8, 4) is 0 Å². The molecule has 4 rings (SSSR count). The summed E-state index contributed by atoms with van der Waals surface area (Å²) in [6, 6.07) is 7.95. The summed E-state index contributed by atoms with van der Waals surface area (Å²) in [6.07, 6.45) is 3.90. The molecular weight excluding hydrogens is 326 g/mol. The van der Waals surface area contributed by atoms with Crippen LogP contribution in [0.2, 0.25) is 0 Å². The molecule has 0 saturated carbocycles. The zero-order chi connectivity index (χ0) is 16.4. The molecule has 0 aliphatic carbocycles. The van der Waals surface area contributed by atoms with Crippen LogP contribution in [0.15, 0.2) is 29.4 Å². The van der Waals surface area contributed by atoms with Crippen LogP contribution in [0.25, 0.3) is 0 Å². The Kier molecular flexibility index (Phi) is 4.48. The van der Waals surface area contributed by atoms with Crippen molar-refractivity contribution >= 4 is 23.4 Å². The summed E-state index contributed by atoms with van der Waals surface area (Å²) >= 11 is 1.43. The SMILES string of the molecule is O=C1Nc2ccccc2CCC1Sc1nnnn1CC1CCCO1. The monoisotopic (exact) mass is 345 g/mol. The molecule has 1 aromatic carbocycles. The molecule has 1 saturated heterocycles. The highest BCUT2D eigenvalue weighted by molar-refractivity contribution is 8.00. The third kappa shape index (κ3) is 3.29. The number of nitrogens with zero attached hydrogens (tertiary/aromatic N) is 4. The van der Waals surface area contributed by atoms with Gasteiger partial charge in [-0.15, -0.1) is 5.10 Å². The minimum Gasteiger partial charge on any atom is -0.376 e. The summed E-state index contributed by atoms with van der Waals surface area (Å²) in [5.74, 6) is 0.0108. The molecule has 1 fully saturated rings. The molecular formula is C16H19N5O2S. The van der Waals surface area contributed by atoms with Crippen molar-refractivity contribution in [3.63, 3.8) is 0 Å². The van der Waals surface area contributed by atoms with E-state index >= 15 is 0 Å². The number of carbonyl (C=O) groups excluding carboxylic acids is 1. The predicted molar refractivity (Wildman–Crippen MR) is 89.8 cm³/mol. The normalized spacial score (nSPS) is 23.6. The standard InChI is InChI=1S/C16H19N5O2S/c22-15-14(8-7-11-4-1-2-6-13(11)17-15)24-16-18-19-20-21(16)10-12-5-3-9-23-12/h1-2,4,6,12,14H,3,5,7-10H2,(H,17,22). The van der Waals surface area contributed by atoms with Gasteiger partial charge < -0.3 is 10.1 Å². The number of ether oxygens (including phenoxy) is 1. The van der Waals surface area contributed by atoms with Crippen LogP contribution >= 0.6 is 11.8 Å². The first-order valence-corrected chi connectivity index (χ1v) is 9.11. The first-order valence-electron chi connectivity index (χ1n) is 8.23. The van der Waals surface area contributed by atoms with E-state index in [-0.39, 0.29) is 17.3 Å². The fourth-order valence-corrected chi connectivity index (χ4v) is 4.08. The lowest BCUT2D eigenvalue weighted by Gasteiger charge is -2.14. The van der Waals surface area contributed by atoms with E-state index in [0.29, 0.717) is 11.7 Å². The fourth-order valence-electron chi connectivity index (χ4n) is 3.11. The second-order valence-corrected chi connectivity index (χ2v) is 7.24. The van der Waals surface area contributed by atoms with E-state index in [1.165, 1.54) is 17.3 Å². The number of thioether (sulfide) groups is 1. The maximum absolute atomic E-state index is 12.5. The van der Waals surface area contributed by atoms with Crippen LogP contribution < -0.4 is 5.32 Å². The quantitative estimate of drug-likeness (QED) is 0.911. The van der Waals surface area contributed by atoms with Crippen LogP contribution in [0.3, 0.4) is 0 Å².